The Balaban J connectivity index is 1.86. The summed E-state index contributed by atoms with van der Waals surface area (Å²) in [5, 5.41) is 0. The fraction of sp³-hybridized carbons (Fsp3) is 0.333. The van der Waals surface area contributed by atoms with Gasteiger partial charge in [-0.2, -0.15) is 0 Å². The summed E-state index contributed by atoms with van der Waals surface area (Å²) in [6.07, 6.45) is 2.48. The lowest BCUT2D eigenvalue weighted by molar-refractivity contribution is 0.194. The standard InChI is InChI=1S/C18H22N2/c1-14(15-7-3-2-4-8-15)20-12-6-11-18(20)16-9-5-10-17(19)13-16/h2-5,7-10,13-14,18H,6,11-12,19H2,1H3. The number of hydrogen-bond acceptors (Lipinski definition) is 2. The fourth-order valence-corrected chi connectivity index (χ4v) is 3.30. The number of nitrogen functional groups attached to an aromatic ring is 1. The Kier molecular flexibility index (Phi) is 3.75. The molecule has 104 valence electrons. The summed E-state index contributed by atoms with van der Waals surface area (Å²) in [7, 11) is 0. The monoisotopic (exact) mass is 266 g/mol. The van der Waals surface area contributed by atoms with E-state index < -0.39 is 0 Å². The van der Waals surface area contributed by atoms with Crippen molar-refractivity contribution in [3.05, 3.63) is 65.7 Å². The number of anilines is 1. The molecule has 3 rings (SSSR count). The van der Waals surface area contributed by atoms with E-state index in [-0.39, 0.29) is 0 Å². The Morgan fingerprint density at radius 3 is 2.65 bits per heavy atom. The summed E-state index contributed by atoms with van der Waals surface area (Å²) in [4.78, 5) is 2.60. The van der Waals surface area contributed by atoms with Crippen molar-refractivity contribution in [2.24, 2.45) is 0 Å². The topological polar surface area (TPSA) is 29.3 Å². The molecular formula is C18H22N2. The van der Waals surface area contributed by atoms with Crippen LogP contribution in [-0.2, 0) is 0 Å². The van der Waals surface area contributed by atoms with Gasteiger partial charge in [-0.1, -0.05) is 42.5 Å². The molecule has 1 aliphatic heterocycles. The van der Waals surface area contributed by atoms with Crippen molar-refractivity contribution in [1.82, 2.24) is 4.90 Å². The predicted octanol–water partition coefficient (Wildman–Crippen LogP) is 4.17. The van der Waals surface area contributed by atoms with Gasteiger partial charge in [0.2, 0.25) is 0 Å². The maximum absolute atomic E-state index is 5.94. The summed E-state index contributed by atoms with van der Waals surface area (Å²) in [5.74, 6) is 0. The van der Waals surface area contributed by atoms with E-state index in [9.17, 15) is 0 Å². The van der Waals surface area contributed by atoms with Gasteiger partial charge < -0.3 is 5.73 Å². The molecule has 2 unspecified atom stereocenters. The van der Waals surface area contributed by atoms with Crippen LogP contribution in [0.15, 0.2) is 54.6 Å². The Hall–Kier alpha value is -1.80. The zero-order chi connectivity index (χ0) is 13.9. The summed E-state index contributed by atoms with van der Waals surface area (Å²) in [6, 6.07) is 20.1. The zero-order valence-corrected chi connectivity index (χ0v) is 12.0. The number of rotatable bonds is 3. The van der Waals surface area contributed by atoms with Crippen LogP contribution in [0.25, 0.3) is 0 Å². The van der Waals surface area contributed by atoms with Gasteiger partial charge in [0.1, 0.15) is 0 Å². The molecule has 0 radical (unpaired) electrons. The molecule has 2 nitrogen and oxygen atoms in total. The molecule has 0 bridgehead atoms. The van der Waals surface area contributed by atoms with E-state index in [1.165, 1.54) is 24.0 Å². The predicted molar refractivity (Wildman–Crippen MR) is 84.4 cm³/mol. The summed E-state index contributed by atoms with van der Waals surface area (Å²) < 4.78 is 0. The molecule has 0 saturated carbocycles. The second-order valence-electron chi connectivity index (χ2n) is 5.65. The minimum Gasteiger partial charge on any atom is -0.399 e. The third kappa shape index (κ3) is 2.56. The largest absolute Gasteiger partial charge is 0.399 e. The van der Waals surface area contributed by atoms with Crippen LogP contribution in [-0.4, -0.2) is 11.4 Å². The summed E-state index contributed by atoms with van der Waals surface area (Å²) >= 11 is 0. The highest BCUT2D eigenvalue weighted by Crippen LogP contribution is 2.38. The van der Waals surface area contributed by atoms with Gasteiger partial charge in [0.05, 0.1) is 0 Å². The molecule has 2 N–H and O–H groups in total. The second-order valence-corrected chi connectivity index (χ2v) is 5.65. The maximum atomic E-state index is 5.94. The van der Waals surface area contributed by atoms with E-state index in [0.717, 1.165) is 12.2 Å². The average Bonchev–Trinajstić information content (AvgIpc) is 2.97. The van der Waals surface area contributed by atoms with Crippen LogP contribution in [0.4, 0.5) is 5.69 Å². The molecule has 0 spiro atoms. The van der Waals surface area contributed by atoms with E-state index in [0.29, 0.717) is 12.1 Å². The van der Waals surface area contributed by atoms with Crippen LogP contribution in [0.3, 0.4) is 0 Å². The van der Waals surface area contributed by atoms with Crippen LogP contribution in [0.5, 0.6) is 0 Å². The van der Waals surface area contributed by atoms with Gasteiger partial charge in [0, 0.05) is 17.8 Å². The van der Waals surface area contributed by atoms with Crippen molar-refractivity contribution < 1.29 is 0 Å². The van der Waals surface area contributed by atoms with Gasteiger partial charge in [-0.15, -0.1) is 0 Å². The fourth-order valence-electron chi connectivity index (χ4n) is 3.30. The van der Waals surface area contributed by atoms with Gasteiger partial charge in [-0.05, 0) is 49.6 Å². The van der Waals surface area contributed by atoms with E-state index in [1.807, 2.05) is 6.07 Å². The third-order valence-corrected chi connectivity index (χ3v) is 4.37. The molecule has 1 saturated heterocycles. The Bertz CT molecular complexity index is 565. The number of hydrogen-bond donors (Lipinski definition) is 1. The molecule has 2 atom stereocenters. The van der Waals surface area contributed by atoms with Gasteiger partial charge in [0.15, 0.2) is 0 Å². The van der Waals surface area contributed by atoms with Crippen molar-refractivity contribution in [1.29, 1.82) is 0 Å². The first-order chi connectivity index (χ1) is 9.75. The molecule has 0 aromatic heterocycles. The molecule has 1 heterocycles. The van der Waals surface area contributed by atoms with Gasteiger partial charge in [-0.3, -0.25) is 4.90 Å². The number of likely N-dealkylation sites (tertiary alicyclic amines) is 1. The number of nitrogens with zero attached hydrogens (tertiary/aromatic N) is 1. The number of benzene rings is 2. The van der Waals surface area contributed by atoms with E-state index in [2.05, 4.69) is 60.4 Å². The summed E-state index contributed by atoms with van der Waals surface area (Å²) in [5.41, 5.74) is 9.55. The lowest BCUT2D eigenvalue weighted by Crippen LogP contribution is -2.26. The first-order valence-electron chi connectivity index (χ1n) is 7.42. The molecule has 0 aliphatic carbocycles. The quantitative estimate of drug-likeness (QED) is 0.845. The highest BCUT2D eigenvalue weighted by molar-refractivity contribution is 5.42. The van der Waals surface area contributed by atoms with Crippen molar-refractivity contribution >= 4 is 5.69 Å². The van der Waals surface area contributed by atoms with Crippen LogP contribution in [0, 0.1) is 0 Å². The first kappa shape index (κ1) is 13.2. The van der Waals surface area contributed by atoms with Crippen LogP contribution >= 0.6 is 0 Å². The second kappa shape index (κ2) is 5.68. The minimum absolute atomic E-state index is 0.449. The molecule has 2 heteroatoms. The van der Waals surface area contributed by atoms with Crippen LogP contribution in [0.2, 0.25) is 0 Å². The summed E-state index contributed by atoms with van der Waals surface area (Å²) in [6.45, 7) is 3.47. The van der Waals surface area contributed by atoms with Crippen LogP contribution in [0.1, 0.15) is 43.0 Å². The Morgan fingerprint density at radius 1 is 1.10 bits per heavy atom. The van der Waals surface area contributed by atoms with E-state index in [4.69, 9.17) is 5.73 Å². The van der Waals surface area contributed by atoms with Crippen molar-refractivity contribution in [2.75, 3.05) is 12.3 Å². The first-order valence-corrected chi connectivity index (χ1v) is 7.42. The molecule has 20 heavy (non-hydrogen) atoms. The lowest BCUT2D eigenvalue weighted by atomic mass is 10.0. The van der Waals surface area contributed by atoms with Gasteiger partial charge in [-0.25, -0.2) is 0 Å². The normalized spacial score (nSPS) is 20.9. The van der Waals surface area contributed by atoms with Crippen molar-refractivity contribution in [2.45, 2.75) is 31.8 Å². The molecular weight excluding hydrogens is 244 g/mol. The van der Waals surface area contributed by atoms with Gasteiger partial charge >= 0.3 is 0 Å². The van der Waals surface area contributed by atoms with Crippen LogP contribution < -0.4 is 5.73 Å². The molecule has 2 aromatic rings. The molecule has 1 aliphatic rings. The van der Waals surface area contributed by atoms with Gasteiger partial charge in [0.25, 0.3) is 0 Å². The van der Waals surface area contributed by atoms with Crippen molar-refractivity contribution in [3.8, 4) is 0 Å². The zero-order valence-electron chi connectivity index (χ0n) is 12.0. The van der Waals surface area contributed by atoms with E-state index in [1.54, 1.807) is 0 Å². The lowest BCUT2D eigenvalue weighted by Gasteiger charge is -2.31. The Labute approximate surface area is 121 Å². The third-order valence-electron chi connectivity index (χ3n) is 4.37. The smallest absolute Gasteiger partial charge is 0.0355 e. The van der Waals surface area contributed by atoms with E-state index >= 15 is 0 Å². The molecule has 2 aromatic carbocycles. The SMILES string of the molecule is CC(c1ccccc1)N1CCCC1c1cccc(N)c1. The highest BCUT2D eigenvalue weighted by atomic mass is 15.2. The molecule has 1 fully saturated rings. The van der Waals surface area contributed by atoms with Crippen molar-refractivity contribution in [3.63, 3.8) is 0 Å². The average molecular weight is 266 g/mol. The maximum Gasteiger partial charge on any atom is 0.0355 e. The highest BCUT2D eigenvalue weighted by Gasteiger charge is 2.30. The Morgan fingerprint density at radius 2 is 1.90 bits per heavy atom. The molecule has 0 amide bonds. The number of nitrogens with two attached hydrogens (primary N) is 1. The minimum atomic E-state index is 0.449.